The molecule has 0 aromatic heterocycles. The van der Waals surface area contributed by atoms with E-state index >= 15 is 0 Å². The van der Waals surface area contributed by atoms with Crippen LogP contribution < -0.4 is 10.6 Å². The molecule has 0 aliphatic heterocycles. The first kappa shape index (κ1) is 20.7. The van der Waals surface area contributed by atoms with E-state index in [1.165, 1.54) is 18.2 Å². The summed E-state index contributed by atoms with van der Waals surface area (Å²) in [4.78, 5) is 35.7. The van der Waals surface area contributed by atoms with Gasteiger partial charge in [-0.25, -0.2) is 0 Å². The van der Waals surface area contributed by atoms with Crippen molar-refractivity contribution in [2.45, 2.75) is 20.4 Å². The zero-order valence-corrected chi connectivity index (χ0v) is 16.6. The van der Waals surface area contributed by atoms with Crippen molar-refractivity contribution >= 4 is 23.2 Å². The predicted octanol–water partition coefficient (Wildman–Crippen LogP) is 4.39. The average Bonchev–Trinajstić information content (AvgIpc) is 2.73. The van der Waals surface area contributed by atoms with Gasteiger partial charge in [-0.1, -0.05) is 42.0 Å². The highest BCUT2D eigenvalue weighted by atomic mass is 16.6. The number of rotatable bonds is 6. The summed E-state index contributed by atoms with van der Waals surface area (Å²) in [7, 11) is 0. The molecular weight excluding hydrogens is 382 g/mol. The highest BCUT2D eigenvalue weighted by molar-refractivity contribution is 6.09. The number of nitro groups is 1. The first-order valence-electron chi connectivity index (χ1n) is 9.34. The third-order valence-corrected chi connectivity index (χ3v) is 4.65. The van der Waals surface area contributed by atoms with Gasteiger partial charge in [-0.2, -0.15) is 0 Å². The van der Waals surface area contributed by atoms with Crippen LogP contribution in [0.4, 0.5) is 11.4 Å². The number of hydrogen-bond donors (Lipinski definition) is 2. The van der Waals surface area contributed by atoms with E-state index in [0.29, 0.717) is 23.4 Å². The van der Waals surface area contributed by atoms with Gasteiger partial charge in [0.2, 0.25) is 0 Å². The van der Waals surface area contributed by atoms with Crippen molar-refractivity contribution in [2.24, 2.45) is 0 Å². The van der Waals surface area contributed by atoms with E-state index in [1.807, 2.05) is 31.2 Å². The van der Waals surface area contributed by atoms with Crippen LogP contribution in [-0.2, 0) is 6.54 Å². The van der Waals surface area contributed by atoms with E-state index in [9.17, 15) is 19.7 Å². The van der Waals surface area contributed by atoms with Crippen LogP contribution in [-0.4, -0.2) is 16.7 Å². The maximum Gasteiger partial charge on any atom is 0.272 e. The van der Waals surface area contributed by atoms with Crippen LogP contribution in [0.15, 0.2) is 66.7 Å². The fourth-order valence-corrected chi connectivity index (χ4v) is 2.97. The lowest BCUT2D eigenvalue weighted by molar-refractivity contribution is -0.385. The zero-order chi connectivity index (χ0) is 21.7. The largest absolute Gasteiger partial charge is 0.348 e. The minimum Gasteiger partial charge on any atom is -0.348 e. The van der Waals surface area contributed by atoms with E-state index in [2.05, 4.69) is 10.6 Å². The van der Waals surface area contributed by atoms with Crippen LogP contribution >= 0.6 is 0 Å². The third-order valence-electron chi connectivity index (χ3n) is 4.65. The number of amides is 2. The van der Waals surface area contributed by atoms with Gasteiger partial charge >= 0.3 is 0 Å². The zero-order valence-electron chi connectivity index (χ0n) is 16.6. The Morgan fingerprint density at radius 3 is 2.30 bits per heavy atom. The second-order valence-electron chi connectivity index (χ2n) is 6.93. The number of para-hydroxylation sites is 1. The van der Waals surface area contributed by atoms with Crippen LogP contribution in [0.1, 0.15) is 37.4 Å². The lowest BCUT2D eigenvalue weighted by Crippen LogP contribution is -2.25. The van der Waals surface area contributed by atoms with Crippen LogP contribution in [0.2, 0.25) is 0 Å². The molecule has 0 aliphatic carbocycles. The summed E-state index contributed by atoms with van der Waals surface area (Å²) < 4.78 is 0. The number of nitro benzene ring substituents is 1. The van der Waals surface area contributed by atoms with Crippen molar-refractivity contribution < 1.29 is 14.5 Å². The van der Waals surface area contributed by atoms with Gasteiger partial charge < -0.3 is 10.6 Å². The molecule has 3 aromatic carbocycles. The van der Waals surface area contributed by atoms with Gasteiger partial charge in [0.05, 0.1) is 16.2 Å². The standard InChI is InChI=1S/C23H21N3O4/c1-15-7-9-17(10-8-15)14-24-23(28)19-5-3-4-6-20(19)25-22(27)18-11-12-21(26(29)30)16(2)13-18/h3-13H,14H2,1-2H3,(H,24,28)(H,25,27). The summed E-state index contributed by atoms with van der Waals surface area (Å²) in [5.74, 6) is -0.766. The smallest absolute Gasteiger partial charge is 0.272 e. The Labute approximate surface area is 173 Å². The van der Waals surface area contributed by atoms with Gasteiger partial charge in [-0.3, -0.25) is 19.7 Å². The maximum absolute atomic E-state index is 12.7. The second kappa shape index (κ2) is 9.00. The Morgan fingerprint density at radius 1 is 0.933 bits per heavy atom. The van der Waals surface area contributed by atoms with Crippen molar-refractivity contribution in [3.8, 4) is 0 Å². The van der Waals surface area contributed by atoms with E-state index < -0.39 is 10.8 Å². The first-order chi connectivity index (χ1) is 14.3. The van der Waals surface area contributed by atoms with Gasteiger partial charge in [0, 0.05) is 23.7 Å². The minimum atomic E-state index is -0.495. The van der Waals surface area contributed by atoms with Crippen LogP contribution in [0.5, 0.6) is 0 Å². The molecule has 7 heteroatoms. The van der Waals surface area contributed by atoms with Crippen LogP contribution in [0.25, 0.3) is 0 Å². The molecule has 0 bridgehead atoms. The Kier molecular flexibility index (Phi) is 6.22. The Bertz CT molecular complexity index is 1110. The number of benzene rings is 3. The molecule has 0 saturated heterocycles. The van der Waals surface area contributed by atoms with Crippen molar-refractivity contribution in [3.05, 3.63) is 105 Å². The summed E-state index contributed by atoms with van der Waals surface area (Å²) in [5, 5.41) is 16.5. The van der Waals surface area contributed by atoms with Crippen LogP contribution in [0, 0.1) is 24.0 Å². The topological polar surface area (TPSA) is 101 Å². The Hall–Kier alpha value is -4.00. The number of nitrogens with one attached hydrogen (secondary N) is 2. The molecule has 0 spiro atoms. The molecule has 7 nitrogen and oxygen atoms in total. The molecule has 0 heterocycles. The first-order valence-corrected chi connectivity index (χ1v) is 9.34. The molecule has 2 N–H and O–H groups in total. The number of anilines is 1. The molecule has 0 radical (unpaired) electrons. The van der Waals surface area contributed by atoms with Crippen molar-refractivity contribution in [1.29, 1.82) is 0 Å². The average molecular weight is 403 g/mol. The third kappa shape index (κ3) is 4.88. The summed E-state index contributed by atoms with van der Waals surface area (Å²) in [6.07, 6.45) is 0. The molecule has 3 aromatic rings. The van der Waals surface area contributed by atoms with Crippen molar-refractivity contribution in [2.75, 3.05) is 5.32 Å². The lowest BCUT2D eigenvalue weighted by atomic mass is 10.1. The highest BCUT2D eigenvalue weighted by Crippen LogP contribution is 2.21. The van der Waals surface area contributed by atoms with Crippen LogP contribution in [0.3, 0.4) is 0 Å². The van der Waals surface area contributed by atoms with E-state index in [1.54, 1.807) is 31.2 Å². The number of carbonyl (C=O) groups is 2. The maximum atomic E-state index is 12.7. The molecular formula is C23H21N3O4. The van der Waals surface area contributed by atoms with Gasteiger partial charge in [-0.05, 0) is 43.7 Å². The number of aryl methyl sites for hydroxylation is 2. The number of nitrogens with zero attached hydrogens (tertiary/aromatic N) is 1. The normalized spacial score (nSPS) is 10.3. The monoisotopic (exact) mass is 403 g/mol. The summed E-state index contributed by atoms with van der Waals surface area (Å²) in [5.41, 5.74) is 3.40. The summed E-state index contributed by atoms with van der Waals surface area (Å²) in [6.45, 7) is 3.93. The molecule has 0 unspecified atom stereocenters. The SMILES string of the molecule is Cc1ccc(CNC(=O)c2ccccc2NC(=O)c2ccc([N+](=O)[O-])c(C)c2)cc1. The van der Waals surface area contributed by atoms with E-state index in [4.69, 9.17) is 0 Å². The molecule has 0 aliphatic rings. The quantitative estimate of drug-likeness (QED) is 0.471. The summed E-state index contributed by atoms with van der Waals surface area (Å²) in [6, 6.07) is 18.7. The lowest BCUT2D eigenvalue weighted by Gasteiger charge is -2.12. The number of hydrogen-bond acceptors (Lipinski definition) is 4. The molecule has 0 saturated carbocycles. The van der Waals surface area contributed by atoms with Crippen molar-refractivity contribution in [1.82, 2.24) is 5.32 Å². The van der Waals surface area contributed by atoms with Gasteiger partial charge in [-0.15, -0.1) is 0 Å². The molecule has 3 rings (SSSR count). The van der Waals surface area contributed by atoms with Gasteiger partial charge in [0.1, 0.15) is 0 Å². The van der Waals surface area contributed by atoms with E-state index in [0.717, 1.165) is 11.1 Å². The van der Waals surface area contributed by atoms with Gasteiger partial charge in [0.25, 0.3) is 17.5 Å². The van der Waals surface area contributed by atoms with Gasteiger partial charge in [0.15, 0.2) is 0 Å². The molecule has 0 fully saturated rings. The highest BCUT2D eigenvalue weighted by Gasteiger charge is 2.16. The minimum absolute atomic E-state index is 0.0533. The Balaban J connectivity index is 1.73. The second-order valence-corrected chi connectivity index (χ2v) is 6.93. The molecule has 152 valence electrons. The fourth-order valence-electron chi connectivity index (χ4n) is 2.97. The fraction of sp³-hybridized carbons (Fsp3) is 0.130. The van der Waals surface area contributed by atoms with E-state index in [-0.39, 0.29) is 17.2 Å². The molecule has 30 heavy (non-hydrogen) atoms. The Morgan fingerprint density at radius 2 is 1.63 bits per heavy atom. The number of carbonyl (C=O) groups excluding carboxylic acids is 2. The predicted molar refractivity (Wildman–Crippen MR) is 115 cm³/mol. The summed E-state index contributed by atoms with van der Waals surface area (Å²) >= 11 is 0. The molecule has 2 amide bonds. The molecule has 0 atom stereocenters. The van der Waals surface area contributed by atoms with Crippen molar-refractivity contribution in [3.63, 3.8) is 0 Å².